The molecule has 0 aliphatic rings. The summed E-state index contributed by atoms with van der Waals surface area (Å²) < 4.78 is 12.8. The molecule has 0 N–H and O–H groups in total. The molecule has 1 aromatic carbocycles. The van der Waals surface area contributed by atoms with E-state index in [-0.39, 0.29) is 0 Å². The van der Waals surface area contributed by atoms with Gasteiger partial charge in [-0.25, -0.2) is 9.97 Å². The van der Waals surface area contributed by atoms with Crippen molar-refractivity contribution >= 4 is 16.6 Å². The van der Waals surface area contributed by atoms with Gasteiger partial charge in [0.05, 0.1) is 6.61 Å². The number of aromatic nitrogens is 2. The predicted octanol–water partition coefficient (Wildman–Crippen LogP) is 10.1. The van der Waals surface area contributed by atoms with Crippen LogP contribution in [0.5, 0.6) is 5.75 Å². The highest BCUT2D eigenvalue weighted by atomic mass is 28.4. The van der Waals surface area contributed by atoms with Crippen molar-refractivity contribution in [3.05, 3.63) is 42.2 Å². The van der Waals surface area contributed by atoms with E-state index in [2.05, 4.69) is 69.1 Å². The molecule has 0 fully saturated rings. The van der Waals surface area contributed by atoms with E-state index >= 15 is 0 Å². The van der Waals surface area contributed by atoms with Gasteiger partial charge < -0.3 is 8.85 Å². The van der Waals surface area contributed by atoms with Crippen molar-refractivity contribution in [2.24, 2.45) is 5.92 Å². The third-order valence-electron chi connectivity index (χ3n) is 7.21. The molecular weight excluding hydrogens is 501 g/mol. The molecule has 0 spiro atoms. The molecule has 214 valence electrons. The number of hydrogen-bond acceptors (Lipinski definition) is 4. The van der Waals surface area contributed by atoms with Gasteiger partial charge in [-0.15, -0.1) is 0 Å². The van der Waals surface area contributed by atoms with E-state index in [1.165, 1.54) is 69.4 Å². The van der Waals surface area contributed by atoms with E-state index in [0.29, 0.717) is 0 Å². The molecule has 6 heteroatoms. The van der Waals surface area contributed by atoms with Crippen molar-refractivity contribution < 1.29 is 8.85 Å². The maximum absolute atomic E-state index is 6.76. The maximum Gasteiger partial charge on any atom is 0.173 e. The Balaban J connectivity index is 1.69. The zero-order valence-corrected chi connectivity index (χ0v) is 27.7. The molecule has 0 radical (unpaired) electrons. The highest BCUT2D eigenvalue weighted by Crippen LogP contribution is 2.26. The minimum atomic E-state index is -1.66. The van der Waals surface area contributed by atoms with Crippen molar-refractivity contribution in [3.8, 4) is 17.1 Å². The summed E-state index contributed by atoms with van der Waals surface area (Å²) >= 11 is 0. The summed E-state index contributed by atoms with van der Waals surface area (Å²) in [6.07, 6.45) is 18.1. The highest BCUT2D eigenvalue weighted by Gasteiger charge is 2.32. The van der Waals surface area contributed by atoms with Gasteiger partial charge in [0.25, 0.3) is 0 Å². The van der Waals surface area contributed by atoms with Crippen LogP contribution in [0.3, 0.4) is 0 Å². The van der Waals surface area contributed by atoms with Crippen molar-refractivity contribution in [2.75, 3.05) is 6.61 Å². The zero-order chi connectivity index (χ0) is 27.9. The highest BCUT2D eigenvalue weighted by molar-refractivity contribution is 6.84. The number of unbranched alkanes of at least 4 members (excludes halogenated alkanes) is 7. The Morgan fingerprint density at radius 1 is 0.737 bits per heavy atom. The molecule has 0 atom stereocenters. The molecule has 0 aliphatic heterocycles. The van der Waals surface area contributed by atoms with Crippen molar-refractivity contribution in [1.29, 1.82) is 0 Å². The molecule has 0 aliphatic carbocycles. The monoisotopic (exact) mass is 556 g/mol. The first-order valence-corrected chi connectivity index (χ1v) is 21.6. The van der Waals surface area contributed by atoms with E-state index in [1.54, 1.807) is 0 Å². The van der Waals surface area contributed by atoms with E-state index in [9.17, 15) is 0 Å². The van der Waals surface area contributed by atoms with Gasteiger partial charge in [0, 0.05) is 18.0 Å². The molecule has 2 aromatic rings. The Hall–Kier alpha value is -1.51. The summed E-state index contributed by atoms with van der Waals surface area (Å²) in [7, 11) is -3.24. The van der Waals surface area contributed by atoms with Crippen molar-refractivity contribution in [3.63, 3.8) is 0 Å². The maximum atomic E-state index is 6.76. The smallest absolute Gasteiger partial charge is 0.173 e. The summed E-state index contributed by atoms with van der Waals surface area (Å²) in [5, 5.41) is 0. The van der Waals surface area contributed by atoms with E-state index in [4.69, 9.17) is 8.85 Å². The van der Waals surface area contributed by atoms with Crippen LogP contribution in [-0.2, 0) is 10.5 Å². The van der Waals surface area contributed by atoms with Crippen LogP contribution in [-0.4, -0.2) is 33.2 Å². The van der Waals surface area contributed by atoms with Gasteiger partial charge in [-0.2, -0.15) is 0 Å². The van der Waals surface area contributed by atoms with Gasteiger partial charge in [0.2, 0.25) is 0 Å². The van der Waals surface area contributed by atoms with Crippen LogP contribution in [0.1, 0.15) is 90.5 Å². The first-order chi connectivity index (χ1) is 18.1. The zero-order valence-electron chi connectivity index (χ0n) is 25.7. The molecule has 0 bridgehead atoms. The van der Waals surface area contributed by atoms with Crippen LogP contribution in [0.4, 0.5) is 0 Å². The molecule has 38 heavy (non-hydrogen) atoms. The topological polar surface area (TPSA) is 44.2 Å². The van der Waals surface area contributed by atoms with Crippen molar-refractivity contribution in [2.45, 2.75) is 130 Å². The Kier molecular flexibility index (Phi) is 14.8. The summed E-state index contributed by atoms with van der Waals surface area (Å²) in [6, 6.07) is 10.6. The summed E-state index contributed by atoms with van der Waals surface area (Å²) in [4.78, 5) is 9.25. The fraction of sp³-hybridized carbons (Fsp3) is 0.688. The van der Waals surface area contributed by atoms with Gasteiger partial charge >= 0.3 is 0 Å². The largest absolute Gasteiger partial charge is 0.494 e. The lowest BCUT2D eigenvalue weighted by Gasteiger charge is -2.34. The quantitative estimate of drug-likeness (QED) is 0.120. The third kappa shape index (κ3) is 14.0. The van der Waals surface area contributed by atoms with Crippen LogP contribution < -0.4 is 4.74 Å². The molecule has 0 saturated heterocycles. The Morgan fingerprint density at radius 3 is 1.92 bits per heavy atom. The van der Waals surface area contributed by atoms with E-state index in [1.807, 2.05) is 24.5 Å². The van der Waals surface area contributed by atoms with Crippen LogP contribution in [0.2, 0.25) is 38.3 Å². The molecule has 2 rings (SSSR count). The lowest BCUT2D eigenvalue weighted by atomic mass is 10.1. The predicted molar refractivity (Wildman–Crippen MR) is 169 cm³/mol. The fourth-order valence-corrected chi connectivity index (χ4v) is 14.0. The van der Waals surface area contributed by atoms with Crippen LogP contribution in [0, 0.1) is 5.92 Å². The molecule has 0 amide bonds. The molecule has 0 unspecified atom stereocenters. The summed E-state index contributed by atoms with van der Waals surface area (Å²) in [5.74, 6) is 2.45. The minimum absolute atomic E-state index is 0.733. The van der Waals surface area contributed by atoms with Crippen LogP contribution in [0.25, 0.3) is 11.4 Å². The molecule has 1 heterocycles. The van der Waals surface area contributed by atoms with E-state index in [0.717, 1.165) is 48.5 Å². The van der Waals surface area contributed by atoms with Gasteiger partial charge in [-0.3, -0.25) is 0 Å². The average molecular weight is 557 g/mol. The van der Waals surface area contributed by atoms with Crippen LogP contribution >= 0.6 is 0 Å². The number of hydrogen-bond donors (Lipinski definition) is 0. The molecule has 1 aromatic heterocycles. The van der Waals surface area contributed by atoms with E-state index < -0.39 is 16.6 Å². The second kappa shape index (κ2) is 17.2. The number of nitrogens with zero attached hydrogens (tertiary/aromatic N) is 2. The molecule has 0 saturated carbocycles. The lowest BCUT2D eigenvalue weighted by Crippen LogP contribution is -2.44. The standard InChI is InChI=1S/C32H56N2O2Si2/c1-8-9-10-11-12-13-14-15-17-29-26-33-32(34-27-29)30-18-20-31(21-19-30)35-23-16-24-37(4,5)36-38(6,7)25-22-28(2)3/h18-21,26-28H,8-17,22-25H2,1-7H3. The Bertz CT molecular complexity index is 883. The van der Waals surface area contributed by atoms with Crippen LogP contribution in [0.15, 0.2) is 36.7 Å². The Labute approximate surface area is 236 Å². The second-order valence-electron chi connectivity index (χ2n) is 12.7. The van der Waals surface area contributed by atoms with Gasteiger partial charge in [-0.05, 0) is 93.3 Å². The summed E-state index contributed by atoms with van der Waals surface area (Å²) in [5.41, 5.74) is 2.27. The molecule has 4 nitrogen and oxygen atoms in total. The lowest BCUT2D eigenvalue weighted by molar-refractivity contribution is 0.315. The number of ether oxygens (including phenoxy) is 1. The number of benzene rings is 1. The van der Waals surface area contributed by atoms with Gasteiger partial charge in [0.15, 0.2) is 22.5 Å². The number of aryl methyl sites for hydroxylation is 1. The molecular formula is C32H56N2O2Si2. The number of rotatable bonds is 20. The van der Waals surface area contributed by atoms with Crippen molar-refractivity contribution in [1.82, 2.24) is 9.97 Å². The SMILES string of the molecule is CCCCCCCCCCc1cnc(-c2ccc(OCCC[Si](C)(C)O[Si](C)(C)CCC(C)C)cc2)nc1. The first-order valence-electron chi connectivity index (χ1n) is 15.3. The minimum Gasteiger partial charge on any atom is -0.494 e. The van der Waals surface area contributed by atoms with Gasteiger partial charge in [0.1, 0.15) is 5.75 Å². The second-order valence-corrected chi connectivity index (χ2v) is 21.5. The normalized spacial score (nSPS) is 12.3. The fourth-order valence-electron chi connectivity index (χ4n) is 4.97. The van der Waals surface area contributed by atoms with Gasteiger partial charge in [-0.1, -0.05) is 72.1 Å². The Morgan fingerprint density at radius 2 is 1.32 bits per heavy atom. The first kappa shape index (κ1) is 32.7. The average Bonchev–Trinajstić information content (AvgIpc) is 2.87. The summed E-state index contributed by atoms with van der Waals surface area (Å²) in [6.45, 7) is 17.1. The third-order valence-corrected chi connectivity index (χ3v) is 14.7.